The molecular weight excluding hydrogens is 166 g/mol. The number of benzene rings is 1. The van der Waals surface area contributed by atoms with Crippen molar-refractivity contribution in [3.05, 3.63) is 28.7 Å². The highest BCUT2D eigenvalue weighted by atomic mass is 16.5. The number of rotatable bonds is 1. The first-order valence-corrected chi connectivity index (χ1v) is 4.43. The van der Waals surface area contributed by atoms with E-state index in [2.05, 4.69) is 0 Å². The van der Waals surface area contributed by atoms with Crippen molar-refractivity contribution in [3.8, 4) is 5.75 Å². The molecule has 13 heavy (non-hydrogen) atoms. The molecule has 2 rings (SSSR count). The zero-order valence-corrected chi connectivity index (χ0v) is 7.62. The fraction of sp³-hybridized carbons (Fsp3) is 0.400. The fourth-order valence-corrected chi connectivity index (χ4v) is 1.74. The molecular formula is C10H12NO2+. The molecule has 0 aliphatic carbocycles. The molecule has 0 spiro atoms. The largest absolute Gasteiger partial charge is 0.490 e. The molecule has 0 atom stereocenters. The van der Waals surface area contributed by atoms with Gasteiger partial charge in [-0.2, -0.15) is 0 Å². The van der Waals surface area contributed by atoms with Crippen LogP contribution in [0.3, 0.4) is 0 Å². The molecule has 0 unspecified atom stereocenters. The maximum atomic E-state index is 11.5. The summed E-state index contributed by atoms with van der Waals surface area (Å²) in [6.45, 7) is 0.577. The van der Waals surface area contributed by atoms with Crippen molar-refractivity contribution in [1.29, 1.82) is 0 Å². The average molecular weight is 178 g/mol. The third-order valence-corrected chi connectivity index (χ3v) is 2.36. The van der Waals surface area contributed by atoms with E-state index in [1.165, 1.54) is 0 Å². The van der Waals surface area contributed by atoms with Gasteiger partial charge in [0.05, 0.1) is 7.11 Å². The molecule has 3 nitrogen and oxygen atoms in total. The highest BCUT2D eigenvalue weighted by Gasteiger charge is 2.28. The zero-order chi connectivity index (χ0) is 9.26. The molecule has 1 aliphatic rings. The summed E-state index contributed by atoms with van der Waals surface area (Å²) in [6, 6.07) is 5.74. The second kappa shape index (κ2) is 3.17. The number of ether oxygens (including phenoxy) is 1. The lowest BCUT2D eigenvalue weighted by Crippen LogP contribution is -2.13. The van der Waals surface area contributed by atoms with Crippen molar-refractivity contribution in [1.82, 2.24) is 0 Å². The minimum Gasteiger partial charge on any atom is -0.490 e. The second-order valence-electron chi connectivity index (χ2n) is 3.17. The molecule has 0 amide bonds. The maximum Gasteiger partial charge on any atom is 0.300 e. The highest BCUT2D eigenvalue weighted by molar-refractivity contribution is 5.53. The van der Waals surface area contributed by atoms with Crippen LogP contribution in [-0.4, -0.2) is 18.4 Å². The van der Waals surface area contributed by atoms with E-state index >= 15 is 0 Å². The molecule has 0 fully saturated rings. The van der Waals surface area contributed by atoms with Crippen LogP contribution in [0.15, 0.2) is 18.2 Å². The van der Waals surface area contributed by atoms with E-state index in [0.29, 0.717) is 12.3 Å². The van der Waals surface area contributed by atoms with Crippen LogP contribution in [0.4, 0.5) is 5.69 Å². The quantitative estimate of drug-likeness (QED) is 0.616. The normalized spacial score (nSPS) is 15.3. The third kappa shape index (κ3) is 1.30. The summed E-state index contributed by atoms with van der Waals surface area (Å²) >= 11 is 0. The number of para-hydroxylation sites is 1. The summed E-state index contributed by atoms with van der Waals surface area (Å²) in [6.07, 6.45) is 1.91. The Labute approximate surface area is 76.9 Å². The molecule has 0 N–H and O–H groups in total. The van der Waals surface area contributed by atoms with Gasteiger partial charge in [0, 0.05) is 21.7 Å². The standard InChI is InChI=1S/C10H12NO2/c1-13-9-6-2-4-8-5-3-7-11(12)10(8)9/h2,4,6H,3,5,7H2,1H3/q+1. The Hall–Kier alpha value is -1.38. The van der Waals surface area contributed by atoms with Crippen molar-refractivity contribution in [2.75, 3.05) is 13.7 Å². The van der Waals surface area contributed by atoms with Crippen molar-refractivity contribution in [2.45, 2.75) is 12.8 Å². The van der Waals surface area contributed by atoms with Gasteiger partial charge in [-0.05, 0) is 12.5 Å². The SMILES string of the molecule is COc1cccc2c1[N+](=O)CCC2. The van der Waals surface area contributed by atoms with Crippen molar-refractivity contribution < 1.29 is 9.50 Å². The Bertz CT molecular complexity index is 333. The molecule has 0 saturated heterocycles. The lowest BCUT2D eigenvalue weighted by molar-refractivity contribution is -0.468. The number of nitroso groups, excluding NO2 is 1. The number of nitrogens with zero attached hydrogens (tertiary/aromatic N) is 1. The first kappa shape index (κ1) is 8.23. The Morgan fingerprint density at radius 1 is 1.46 bits per heavy atom. The van der Waals surface area contributed by atoms with E-state index in [0.717, 1.165) is 28.9 Å². The van der Waals surface area contributed by atoms with Crippen LogP contribution in [0.1, 0.15) is 12.0 Å². The number of aryl methyl sites for hydroxylation is 1. The lowest BCUT2D eigenvalue weighted by Gasteiger charge is -2.10. The molecule has 1 aromatic rings. The molecule has 0 radical (unpaired) electrons. The lowest BCUT2D eigenvalue weighted by atomic mass is 10.0. The number of methoxy groups -OCH3 is 1. The predicted molar refractivity (Wildman–Crippen MR) is 49.5 cm³/mol. The van der Waals surface area contributed by atoms with E-state index in [4.69, 9.17) is 4.74 Å². The first-order valence-electron chi connectivity index (χ1n) is 4.43. The second-order valence-corrected chi connectivity index (χ2v) is 3.17. The van der Waals surface area contributed by atoms with E-state index in [9.17, 15) is 4.91 Å². The molecule has 1 heterocycles. The summed E-state index contributed by atoms with van der Waals surface area (Å²) in [4.78, 5) is 11.5. The van der Waals surface area contributed by atoms with Gasteiger partial charge in [0.15, 0.2) is 12.3 Å². The Morgan fingerprint density at radius 3 is 3.08 bits per heavy atom. The molecule has 0 saturated carbocycles. The van der Waals surface area contributed by atoms with Gasteiger partial charge in [0.25, 0.3) is 0 Å². The van der Waals surface area contributed by atoms with Crippen molar-refractivity contribution in [2.24, 2.45) is 0 Å². The summed E-state index contributed by atoms with van der Waals surface area (Å²) in [5.74, 6) is 0.687. The predicted octanol–water partition coefficient (Wildman–Crippen LogP) is 2.05. The van der Waals surface area contributed by atoms with Gasteiger partial charge >= 0.3 is 5.69 Å². The van der Waals surface area contributed by atoms with Gasteiger partial charge in [0.1, 0.15) is 0 Å². The highest BCUT2D eigenvalue weighted by Crippen LogP contribution is 2.34. The smallest absolute Gasteiger partial charge is 0.300 e. The van der Waals surface area contributed by atoms with E-state index in [1.807, 2.05) is 18.2 Å². The van der Waals surface area contributed by atoms with E-state index in [-0.39, 0.29) is 0 Å². The van der Waals surface area contributed by atoms with Crippen LogP contribution >= 0.6 is 0 Å². The number of hydrogen-bond donors (Lipinski definition) is 0. The molecule has 0 aromatic heterocycles. The van der Waals surface area contributed by atoms with Crippen LogP contribution < -0.4 is 4.74 Å². The average Bonchev–Trinajstić information content (AvgIpc) is 2.17. The Morgan fingerprint density at radius 2 is 2.31 bits per heavy atom. The van der Waals surface area contributed by atoms with E-state index < -0.39 is 0 Å². The van der Waals surface area contributed by atoms with Crippen LogP contribution in [0.2, 0.25) is 0 Å². The van der Waals surface area contributed by atoms with Crippen molar-refractivity contribution in [3.63, 3.8) is 0 Å². The van der Waals surface area contributed by atoms with Crippen LogP contribution in [0.25, 0.3) is 0 Å². The number of hydrogen-bond acceptors (Lipinski definition) is 2. The van der Waals surface area contributed by atoms with Gasteiger partial charge in [-0.1, -0.05) is 12.1 Å². The van der Waals surface area contributed by atoms with Gasteiger partial charge in [-0.3, -0.25) is 0 Å². The monoisotopic (exact) mass is 178 g/mol. The van der Waals surface area contributed by atoms with Crippen LogP contribution in [0, 0.1) is 4.91 Å². The van der Waals surface area contributed by atoms with Gasteiger partial charge in [0.2, 0.25) is 0 Å². The summed E-state index contributed by atoms with van der Waals surface area (Å²) in [5, 5.41) is 0. The minimum atomic E-state index is 0.577. The summed E-state index contributed by atoms with van der Waals surface area (Å²) in [5.41, 5.74) is 1.82. The number of fused-ring (bicyclic) bond motifs is 1. The molecule has 1 aliphatic heterocycles. The van der Waals surface area contributed by atoms with Crippen molar-refractivity contribution >= 4 is 5.69 Å². The Kier molecular flexibility index (Phi) is 2.00. The summed E-state index contributed by atoms with van der Waals surface area (Å²) < 4.78 is 6.17. The van der Waals surface area contributed by atoms with Gasteiger partial charge in [-0.25, -0.2) is 0 Å². The molecule has 0 bridgehead atoms. The fourth-order valence-electron chi connectivity index (χ4n) is 1.74. The van der Waals surface area contributed by atoms with Crippen LogP contribution in [-0.2, 0) is 6.42 Å². The molecule has 68 valence electrons. The third-order valence-electron chi connectivity index (χ3n) is 2.36. The molecule has 1 aromatic carbocycles. The van der Waals surface area contributed by atoms with Crippen LogP contribution in [0.5, 0.6) is 5.75 Å². The first-order chi connectivity index (χ1) is 6.33. The maximum absolute atomic E-state index is 11.5. The van der Waals surface area contributed by atoms with Gasteiger partial charge < -0.3 is 4.74 Å². The molecule has 3 heteroatoms. The minimum absolute atomic E-state index is 0.577. The summed E-state index contributed by atoms with van der Waals surface area (Å²) in [7, 11) is 1.60. The topological polar surface area (TPSA) is 29.3 Å². The zero-order valence-electron chi connectivity index (χ0n) is 7.62. The Balaban J connectivity index is 2.56. The van der Waals surface area contributed by atoms with E-state index in [1.54, 1.807) is 7.11 Å². The van der Waals surface area contributed by atoms with Gasteiger partial charge in [-0.15, -0.1) is 0 Å².